The number of rotatable bonds is 6. The number of benzene rings is 3. The van der Waals surface area contributed by atoms with E-state index in [4.69, 9.17) is 18.9 Å². The SMILES string of the molecule is C=C(C(=O)OCc1ccccc1)C1Oc2cc3c(cc2C1/C=C/c1ccccc1)OCO3. The summed E-state index contributed by atoms with van der Waals surface area (Å²) in [5.74, 6) is 1.25. The first-order chi connectivity index (χ1) is 15.7. The molecule has 0 bridgehead atoms. The van der Waals surface area contributed by atoms with Gasteiger partial charge in [0.15, 0.2) is 11.5 Å². The molecule has 2 unspecified atom stereocenters. The Morgan fingerprint density at radius 1 is 0.969 bits per heavy atom. The monoisotopic (exact) mass is 426 g/mol. The zero-order valence-electron chi connectivity index (χ0n) is 17.4. The van der Waals surface area contributed by atoms with Gasteiger partial charge in [0.2, 0.25) is 6.79 Å². The molecule has 2 aliphatic heterocycles. The Hall–Kier alpha value is -3.99. The van der Waals surface area contributed by atoms with Crippen LogP contribution < -0.4 is 14.2 Å². The van der Waals surface area contributed by atoms with Crippen molar-refractivity contribution < 1.29 is 23.7 Å². The average molecular weight is 426 g/mol. The fraction of sp³-hybridized carbons (Fsp3) is 0.148. The van der Waals surface area contributed by atoms with Gasteiger partial charge >= 0.3 is 5.97 Å². The Morgan fingerprint density at radius 3 is 2.41 bits per heavy atom. The van der Waals surface area contributed by atoms with Crippen LogP contribution >= 0.6 is 0 Å². The number of hydrogen-bond acceptors (Lipinski definition) is 5. The van der Waals surface area contributed by atoms with Crippen LogP contribution in [0.1, 0.15) is 22.6 Å². The minimum atomic E-state index is -0.587. The van der Waals surface area contributed by atoms with Crippen molar-refractivity contribution in [2.45, 2.75) is 18.6 Å². The molecule has 0 radical (unpaired) electrons. The second kappa shape index (κ2) is 8.63. The van der Waals surface area contributed by atoms with Gasteiger partial charge in [0.1, 0.15) is 18.5 Å². The summed E-state index contributed by atoms with van der Waals surface area (Å²) < 4.78 is 22.7. The first kappa shape index (κ1) is 19.9. The number of fused-ring (bicyclic) bond motifs is 2. The van der Waals surface area contributed by atoms with E-state index in [1.807, 2.05) is 84.9 Å². The lowest BCUT2D eigenvalue weighted by Crippen LogP contribution is -2.26. The van der Waals surface area contributed by atoms with Gasteiger partial charge in [0.25, 0.3) is 0 Å². The molecular formula is C27H22O5. The molecule has 5 heteroatoms. The van der Waals surface area contributed by atoms with E-state index in [0.29, 0.717) is 17.2 Å². The van der Waals surface area contributed by atoms with Crippen molar-refractivity contribution in [3.63, 3.8) is 0 Å². The van der Waals surface area contributed by atoms with Gasteiger partial charge in [-0.1, -0.05) is 79.4 Å². The summed E-state index contributed by atoms with van der Waals surface area (Å²) in [6.45, 7) is 4.38. The minimum Gasteiger partial charge on any atom is -0.484 e. The first-order valence-electron chi connectivity index (χ1n) is 10.4. The van der Waals surface area contributed by atoms with Crippen LogP contribution in [0.4, 0.5) is 0 Å². The number of ether oxygens (including phenoxy) is 4. The first-order valence-corrected chi connectivity index (χ1v) is 10.4. The summed E-state index contributed by atoms with van der Waals surface area (Å²) in [6.07, 6.45) is 3.46. The summed E-state index contributed by atoms with van der Waals surface area (Å²) in [5, 5.41) is 0. The van der Waals surface area contributed by atoms with Gasteiger partial charge in [-0.15, -0.1) is 0 Å². The molecule has 0 saturated carbocycles. The summed E-state index contributed by atoms with van der Waals surface area (Å²) in [6, 6.07) is 23.2. The molecule has 2 atom stereocenters. The lowest BCUT2D eigenvalue weighted by atomic mass is 9.90. The quantitative estimate of drug-likeness (QED) is 0.397. The van der Waals surface area contributed by atoms with Crippen LogP contribution in [0.15, 0.2) is 91.0 Å². The van der Waals surface area contributed by atoms with Gasteiger partial charge in [0.05, 0.1) is 5.57 Å². The van der Waals surface area contributed by atoms with E-state index in [2.05, 4.69) is 6.58 Å². The Bertz CT molecular complexity index is 1170. The van der Waals surface area contributed by atoms with Crippen molar-refractivity contribution in [1.82, 2.24) is 0 Å². The Kier molecular flexibility index (Phi) is 5.38. The Morgan fingerprint density at radius 2 is 1.66 bits per heavy atom. The second-order valence-corrected chi connectivity index (χ2v) is 7.66. The van der Waals surface area contributed by atoms with E-state index in [0.717, 1.165) is 16.7 Å². The van der Waals surface area contributed by atoms with Gasteiger partial charge in [0, 0.05) is 17.5 Å². The lowest BCUT2D eigenvalue weighted by molar-refractivity contribution is -0.141. The molecule has 0 spiro atoms. The zero-order valence-corrected chi connectivity index (χ0v) is 17.4. The molecule has 5 nitrogen and oxygen atoms in total. The molecule has 0 aliphatic carbocycles. The maximum absolute atomic E-state index is 12.8. The number of carbonyl (C=O) groups is 1. The molecule has 32 heavy (non-hydrogen) atoms. The fourth-order valence-corrected chi connectivity index (χ4v) is 3.88. The number of hydrogen-bond donors (Lipinski definition) is 0. The maximum atomic E-state index is 12.8. The maximum Gasteiger partial charge on any atom is 0.337 e. The molecule has 0 fully saturated rings. The smallest absolute Gasteiger partial charge is 0.337 e. The molecule has 0 amide bonds. The van der Waals surface area contributed by atoms with Crippen LogP contribution in [-0.2, 0) is 16.1 Å². The van der Waals surface area contributed by atoms with Gasteiger partial charge in [-0.25, -0.2) is 4.79 Å². The highest BCUT2D eigenvalue weighted by molar-refractivity contribution is 5.89. The highest BCUT2D eigenvalue weighted by atomic mass is 16.7. The highest BCUT2D eigenvalue weighted by Crippen LogP contribution is 2.48. The summed E-state index contributed by atoms with van der Waals surface area (Å²) in [7, 11) is 0. The predicted octanol–water partition coefficient (Wildman–Crippen LogP) is 5.27. The Labute approximate surface area is 186 Å². The van der Waals surface area contributed by atoms with E-state index >= 15 is 0 Å². The number of carbonyl (C=O) groups excluding carboxylic acids is 1. The molecule has 0 saturated heterocycles. The number of esters is 1. The largest absolute Gasteiger partial charge is 0.484 e. The van der Waals surface area contributed by atoms with Gasteiger partial charge in [-0.3, -0.25) is 0 Å². The van der Waals surface area contributed by atoms with Crippen molar-refractivity contribution in [2.24, 2.45) is 0 Å². The van der Waals surface area contributed by atoms with E-state index in [1.54, 1.807) is 0 Å². The third-order valence-corrected chi connectivity index (χ3v) is 5.56. The van der Waals surface area contributed by atoms with Crippen molar-refractivity contribution in [3.05, 3.63) is 108 Å². The fourth-order valence-electron chi connectivity index (χ4n) is 3.88. The summed E-state index contributed by atoms with van der Waals surface area (Å²) in [5.41, 5.74) is 3.15. The third kappa shape index (κ3) is 3.97. The molecule has 0 aromatic heterocycles. The molecule has 160 valence electrons. The molecule has 5 rings (SSSR count). The molecule has 3 aromatic rings. The van der Waals surface area contributed by atoms with Crippen molar-refractivity contribution in [3.8, 4) is 17.2 Å². The van der Waals surface area contributed by atoms with Crippen molar-refractivity contribution in [1.29, 1.82) is 0 Å². The summed E-state index contributed by atoms with van der Waals surface area (Å²) in [4.78, 5) is 12.8. The molecule has 3 aromatic carbocycles. The van der Waals surface area contributed by atoms with E-state index in [1.165, 1.54) is 0 Å². The molecular weight excluding hydrogens is 404 g/mol. The second-order valence-electron chi connectivity index (χ2n) is 7.66. The lowest BCUT2D eigenvalue weighted by Gasteiger charge is -2.18. The average Bonchev–Trinajstić information content (AvgIpc) is 3.44. The Balaban J connectivity index is 1.40. The van der Waals surface area contributed by atoms with Crippen LogP contribution in [-0.4, -0.2) is 18.9 Å². The zero-order chi connectivity index (χ0) is 21.9. The van der Waals surface area contributed by atoms with E-state index in [-0.39, 0.29) is 24.9 Å². The van der Waals surface area contributed by atoms with Crippen molar-refractivity contribution >= 4 is 12.0 Å². The van der Waals surface area contributed by atoms with Crippen LogP contribution in [0, 0.1) is 0 Å². The topological polar surface area (TPSA) is 54.0 Å². The normalized spacial score (nSPS) is 18.2. The van der Waals surface area contributed by atoms with Crippen LogP contribution in [0.2, 0.25) is 0 Å². The van der Waals surface area contributed by atoms with Gasteiger partial charge in [-0.05, 0) is 17.2 Å². The van der Waals surface area contributed by atoms with E-state index in [9.17, 15) is 4.79 Å². The standard InChI is InChI=1S/C27H22O5/c1-18(27(28)29-16-20-10-6-3-7-11-20)26-21(13-12-19-8-4-2-5-9-19)22-14-24-25(31-17-30-24)15-23(22)32-26/h2-15,21,26H,1,16-17H2/b13-12+. The van der Waals surface area contributed by atoms with E-state index < -0.39 is 12.1 Å². The van der Waals surface area contributed by atoms with Crippen LogP contribution in [0.25, 0.3) is 6.08 Å². The predicted molar refractivity (Wildman–Crippen MR) is 121 cm³/mol. The molecule has 2 heterocycles. The third-order valence-electron chi connectivity index (χ3n) is 5.56. The van der Waals surface area contributed by atoms with Crippen molar-refractivity contribution in [2.75, 3.05) is 6.79 Å². The van der Waals surface area contributed by atoms with Crippen LogP contribution in [0.5, 0.6) is 17.2 Å². The van der Waals surface area contributed by atoms with Gasteiger partial charge in [-0.2, -0.15) is 0 Å². The van der Waals surface area contributed by atoms with Gasteiger partial charge < -0.3 is 18.9 Å². The van der Waals surface area contributed by atoms with Crippen LogP contribution in [0.3, 0.4) is 0 Å². The molecule has 0 N–H and O–H groups in total. The summed E-state index contributed by atoms with van der Waals surface area (Å²) >= 11 is 0. The molecule has 2 aliphatic rings. The minimum absolute atomic E-state index is 0.179. The highest BCUT2D eigenvalue weighted by Gasteiger charge is 2.39.